The number of rotatable bonds is 8. The number of carbonyl (C=O) groups excluding carboxylic acids is 1. The van der Waals surface area contributed by atoms with Crippen LogP contribution in [0.25, 0.3) is 11.3 Å². The van der Waals surface area contributed by atoms with Crippen molar-refractivity contribution in [1.82, 2.24) is 10.2 Å². The van der Waals surface area contributed by atoms with Gasteiger partial charge in [-0.25, -0.2) is 4.39 Å². The molecule has 26 heavy (non-hydrogen) atoms. The molecular formula is C21H27FN2O2. The van der Waals surface area contributed by atoms with E-state index in [0.717, 1.165) is 19.5 Å². The number of hydrogen-bond acceptors (Lipinski definition) is 3. The Morgan fingerprint density at radius 1 is 1.23 bits per heavy atom. The summed E-state index contributed by atoms with van der Waals surface area (Å²) >= 11 is 0. The molecule has 1 aliphatic rings. The largest absolute Gasteiger partial charge is 0.461 e. The zero-order valence-electron chi connectivity index (χ0n) is 15.3. The maximum absolute atomic E-state index is 13.8. The van der Waals surface area contributed by atoms with E-state index in [1.807, 2.05) is 6.07 Å². The fourth-order valence-electron chi connectivity index (χ4n) is 3.51. The van der Waals surface area contributed by atoms with E-state index in [1.54, 1.807) is 24.3 Å². The molecule has 0 aliphatic carbocycles. The molecule has 4 nitrogen and oxygen atoms in total. The van der Waals surface area contributed by atoms with Gasteiger partial charge in [-0.1, -0.05) is 19.1 Å². The average Bonchev–Trinajstić information content (AvgIpc) is 3.33. The summed E-state index contributed by atoms with van der Waals surface area (Å²) in [7, 11) is 0. The van der Waals surface area contributed by atoms with Gasteiger partial charge in [0.15, 0.2) is 0 Å². The predicted molar refractivity (Wildman–Crippen MR) is 100 cm³/mol. The van der Waals surface area contributed by atoms with E-state index in [1.165, 1.54) is 18.9 Å². The summed E-state index contributed by atoms with van der Waals surface area (Å²) in [5, 5.41) is 3.05. The van der Waals surface area contributed by atoms with Crippen molar-refractivity contribution < 1.29 is 13.6 Å². The first kappa shape index (κ1) is 18.6. The van der Waals surface area contributed by atoms with Gasteiger partial charge in [-0.2, -0.15) is 0 Å². The van der Waals surface area contributed by atoms with Crippen LogP contribution in [-0.2, 0) is 11.2 Å². The Labute approximate surface area is 154 Å². The summed E-state index contributed by atoms with van der Waals surface area (Å²) in [6.45, 7) is 5.15. The standard InChI is InChI=1S/C21H27FN2O2/c1-2-16(24-13-5-6-14-24)15-23-21(25)12-10-17-9-11-20(26-17)18-7-3-4-8-19(18)22/h3-4,7-9,11,16H,2,5-6,10,12-15H2,1H3,(H,23,25). The molecule has 1 unspecified atom stereocenters. The van der Waals surface area contributed by atoms with Crippen LogP contribution in [0, 0.1) is 5.82 Å². The second-order valence-corrected chi connectivity index (χ2v) is 6.86. The molecular weight excluding hydrogens is 331 g/mol. The number of hydrogen-bond donors (Lipinski definition) is 1. The highest BCUT2D eigenvalue weighted by molar-refractivity contribution is 5.76. The summed E-state index contributed by atoms with van der Waals surface area (Å²) in [6.07, 6.45) is 4.45. The molecule has 2 heterocycles. The maximum atomic E-state index is 13.8. The number of likely N-dealkylation sites (tertiary alicyclic amines) is 1. The highest BCUT2D eigenvalue weighted by Gasteiger charge is 2.20. The molecule has 1 aliphatic heterocycles. The van der Waals surface area contributed by atoms with E-state index in [2.05, 4.69) is 17.1 Å². The first-order valence-corrected chi connectivity index (χ1v) is 9.51. The normalized spacial score (nSPS) is 15.9. The molecule has 0 radical (unpaired) electrons. The Kier molecular flexibility index (Phi) is 6.45. The molecule has 3 rings (SSSR count). The van der Waals surface area contributed by atoms with Crippen LogP contribution in [0.1, 0.15) is 38.4 Å². The smallest absolute Gasteiger partial charge is 0.220 e. The van der Waals surface area contributed by atoms with Crippen LogP contribution in [0.5, 0.6) is 0 Å². The lowest BCUT2D eigenvalue weighted by Gasteiger charge is -2.26. The second kappa shape index (κ2) is 8.99. The number of aryl methyl sites for hydroxylation is 1. The predicted octanol–water partition coefficient (Wildman–Crippen LogP) is 4.01. The molecule has 1 saturated heterocycles. The Bertz CT molecular complexity index is 722. The molecule has 0 bridgehead atoms. The van der Waals surface area contributed by atoms with Crippen LogP contribution in [-0.4, -0.2) is 36.5 Å². The topological polar surface area (TPSA) is 45.5 Å². The van der Waals surface area contributed by atoms with Crippen molar-refractivity contribution >= 4 is 5.91 Å². The Hall–Kier alpha value is -2.14. The van der Waals surface area contributed by atoms with E-state index < -0.39 is 0 Å². The minimum Gasteiger partial charge on any atom is -0.461 e. The van der Waals surface area contributed by atoms with Crippen molar-refractivity contribution in [2.24, 2.45) is 0 Å². The van der Waals surface area contributed by atoms with Gasteiger partial charge in [-0.3, -0.25) is 9.69 Å². The van der Waals surface area contributed by atoms with Crippen molar-refractivity contribution in [3.63, 3.8) is 0 Å². The van der Waals surface area contributed by atoms with Gasteiger partial charge in [0, 0.05) is 25.4 Å². The van der Waals surface area contributed by atoms with Gasteiger partial charge in [0.1, 0.15) is 17.3 Å². The molecule has 1 N–H and O–H groups in total. The summed E-state index contributed by atoms with van der Waals surface area (Å²) in [6, 6.07) is 10.5. The van der Waals surface area contributed by atoms with Crippen LogP contribution in [0.4, 0.5) is 4.39 Å². The van der Waals surface area contributed by atoms with Crippen LogP contribution in [0.3, 0.4) is 0 Å². The summed E-state index contributed by atoms with van der Waals surface area (Å²) in [5.41, 5.74) is 0.444. The molecule has 5 heteroatoms. The molecule has 1 atom stereocenters. The van der Waals surface area contributed by atoms with Gasteiger partial charge in [-0.15, -0.1) is 0 Å². The van der Waals surface area contributed by atoms with Crippen LogP contribution >= 0.6 is 0 Å². The van der Waals surface area contributed by atoms with Gasteiger partial charge in [0.05, 0.1) is 5.56 Å². The summed E-state index contributed by atoms with van der Waals surface area (Å²) < 4.78 is 19.5. The molecule has 0 spiro atoms. The van der Waals surface area contributed by atoms with E-state index in [9.17, 15) is 9.18 Å². The summed E-state index contributed by atoms with van der Waals surface area (Å²) in [5.74, 6) is 0.925. The third-order valence-electron chi connectivity index (χ3n) is 5.06. The highest BCUT2D eigenvalue weighted by atomic mass is 19.1. The molecule has 0 saturated carbocycles. The number of furan rings is 1. The molecule has 2 aromatic rings. The number of nitrogens with zero attached hydrogens (tertiary/aromatic N) is 1. The minimum absolute atomic E-state index is 0.0338. The van der Waals surface area contributed by atoms with Crippen LogP contribution < -0.4 is 5.32 Å². The highest BCUT2D eigenvalue weighted by Crippen LogP contribution is 2.25. The van der Waals surface area contributed by atoms with Gasteiger partial charge >= 0.3 is 0 Å². The Morgan fingerprint density at radius 3 is 2.73 bits per heavy atom. The third-order valence-corrected chi connectivity index (χ3v) is 5.06. The number of amides is 1. The fraction of sp³-hybridized carbons (Fsp3) is 0.476. The average molecular weight is 358 g/mol. The monoisotopic (exact) mass is 358 g/mol. The first-order valence-electron chi connectivity index (χ1n) is 9.51. The maximum Gasteiger partial charge on any atom is 0.220 e. The lowest BCUT2D eigenvalue weighted by Crippen LogP contribution is -2.42. The van der Waals surface area contributed by atoms with Gasteiger partial charge in [-0.05, 0) is 56.6 Å². The summed E-state index contributed by atoms with van der Waals surface area (Å²) in [4.78, 5) is 14.6. The van der Waals surface area contributed by atoms with Crippen molar-refractivity contribution in [2.45, 2.75) is 45.1 Å². The zero-order valence-corrected chi connectivity index (χ0v) is 15.3. The van der Waals surface area contributed by atoms with Gasteiger partial charge in [0.25, 0.3) is 0 Å². The fourth-order valence-corrected chi connectivity index (χ4v) is 3.51. The number of halogens is 1. The van der Waals surface area contributed by atoms with Crippen LogP contribution in [0.15, 0.2) is 40.8 Å². The van der Waals surface area contributed by atoms with E-state index in [4.69, 9.17) is 4.42 Å². The SMILES string of the molecule is CCC(CNC(=O)CCc1ccc(-c2ccccc2F)o1)N1CCCC1. The van der Waals surface area contributed by atoms with Crippen LogP contribution in [0.2, 0.25) is 0 Å². The van der Waals surface area contributed by atoms with Gasteiger partial charge in [0.2, 0.25) is 5.91 Å². The number of carbonyl (C=O) groups is 1. The third kappa shape index (κ3) is 4.73. The molecule has 1 fully saturated rings. The zero-order chi connectivity index (χ0) is 18.4. The van der Waals surface area contributed by atoms with Crippen molar-refractivity contribution in [3.8, 4) is 11.3 Å². The Balaban J connectivity index is 1.47. The van der Waals surface area contributed by atoms with E-state index in [0.29, 0.717) is 42.5 Å². The van der Waals surface area contributed by atoms with Gasteiger partial charge < -0.3 is 9.73 Å². The lowest BCUT2D eigenvalue weighted by atomic mass is 10.1. The molecule has 1 aromatic carbocycles. The quantitative estimate of drug-likeness (QED) is 0.775. The second-order valence-electron chi connectivity index (χ2n) is 6.86. The van der Waals surface area contributed by atoms with Crippen molar-refractivity contribution in [2.75, 3.05) is 19.6 Å². The first-order chi connectivity index (χ1) is 12.7. The minimum atomic E-state index is -0.307. The molecule has 1 aromatic heterocycles. The van der Waals surface area contributed by atoms with Crippen molar-refractivity contribution in [3.05, 3.63) is 48.0 Å². The van der Waals surface area contributed by atoms with E-state index >= 15 is 0 Å². The molecule has 140 valence electrons. The van der Waals surface area contributed by atoms with Crippen molar-refractivity contribution in [1.29, 1.82) is 0 Å². The van der Waals surface area contributed by atoms with E-state index in [-0.39, 0.29) is 11.7 Å². The molecule has 1 amide bonds. The Morgan fingerprint density at radius 2 is 2.00 bits per heavy atom. The lowest BCUT2D eigenvalue weighted by molar-refractivity contribution is -0.121. The number of nitrogens with one attached hydrogen (secondary N) is 1. The number of benzene rings is 1.